The van der Waals surface area contributed by atoms with Crippen LogP contribution in [0.3, 0.4) is 0 Å². The van der Waals surface area contributed by atoms with E-state index in [4.69, 9.17) is 14.2 Å². The third kappa shape index (κ3) is 4.96. The third-order valence-electron chi connectivity index (χ3n) is 2.61. The van der Waals surface area contributed by atoms with Crippen molar-refractivity contribution in [2.75, 3.05) is 33.9 Å². The van der Waals surface area contributed by atoms with Gasteiger partial charge in [-0.25, -0.2) is 0 Å². The molecule has 0 aliphatic heterocycles. The average molecular weight is 269 g/mol. The highest BCUT2D eigenvalue weighted by Crippen LogP contribution is 2.36. The zero-order valence-corrected chi connectivity index (χ0v) is 11.8. The highest BCUT2D eigenvalue weighted by Gasteiger charge is 2.13. The molecule has 108 valence electrons. The second-order valence-electron chi connectivity index (χ2n) is 4.16. The highest BCUT2D eigenvalue weighted by atomic mass is 16.5. The summed E-state index contributed by atoms with van der Waals surface area (Å²) in [4.78, 5) is 0. The molecule has 1 rings (SSSR count). The molecule has 0 spiro atoms. The van der Waals surface area contributed by atoms with Gasteiger partial charge in [-0.2, -0.15) is 0 Å². The van der Waals surface area contributed by atoms with Gasteiger partial charge in [0.05, 0.1) is 14.2 Å². The lowest BCUT2D eigenvalue weighted by Crippen LogP contribution is -2.31. The van der Waals surface area contributed by atoms with E-state index in [1.54, 1.807) is 26.4 Å². The minimum absolute atomic E-state index is 0.188. The molecule has 0 saturated heterocycles. The summed E-state index contributed by atoms with van der Waals surface area (Å²) in [6, 6.07) is 5.41. The van der Waals surface area contributed by atoms with E-state index in [9.17, 15) is 5.11 Å². The molecule has 0 amide bonds. The van der Waals surface area contributed by atoms with Crippen LogP contribution in [-0.4, -0.2) is 45.1 Å². The summed E-state index contributed by atoms with van der Waals surface area (Å²) in [5.74, 6) is 1.70. The lowest BCUT2D eigenvalue weighted by molar-refractivity contribution is 0.103. The van der Waals surface area contributed by atoms with E-state index in [1.165, 1.54) is 0 Å². The maximum atomic E-state index is 9.80. The maximum Gasteiger partial charge on any atom is 0.203 e. The molecule has 0 radical (unpaired) electrons. The average Bonchev–Trinajstić information content (AvgIpc) is 2.44. The van der Waals surface area contributed by atoms with Gasteiger partial charge in [-0.3, -0.25) is 0 Å². The molecule has 0 heterocycles. The van der Waals surface area contributed by atoms with Crippen LogP contribution in [0.4, 0.5) is 0 Å². The van der Waals surface area contributed by atoms with Gasteiger partial charge in [-0.1, -0.05) is 13.0 Å². The Balaban J connectivity index is 2.56. The first kappa shape index (κ1) is 15.6. The second kappa shape index (κ2) is 8.61. The quantitative estimate of drug-likeness (QED) is 0.664. The largest absolute Gasteiger partial charge is 0.493 e. The van der Waals surface area contributed by atoms with Crippen LogP contribution in [0.25, 0.3) is 0 Å². The lowest BCUT2D eigenvalue weighted by atomic mass is 10.3. The Labute approximate surface area is 114 Å². The van der Waals surface area contributed by atoms with Gasteiger partial charge in [0, 0.05) is 6.54 Å². The van der Waals surface area contributed by atoms with Crippen molar-refractivity contribution in [1.29, 1.82) is 0 Å². The fraction of sp³-hybridized carbons (Fsp3) is 0.571. The Hall–Kier alpha value is -1.46. The molecule has 1 aromatic rings. The zero-order valence-electron chi connectivity index (χ0n) is 11.8. The molecule has 0 bridgehead atoms. The number of benzene rings is 1. The molecule has 1 aromatic carbocycles. The van der Waals surface area contributed by atoms with E-state index >= 15 is 0 Å². The summed E-state index contributed by atoms with van der Waals surface area (Å²) >= 11 is 0. The van der Waals surface area contributed by atoms with E-state index in [2.05, 4.69) is 12.2 Å². The first-order valence-corrected chi connectivity index (χ1v) is 6.45. The summed E-state index contributed by atoms with van der Waals surface area (Å²) in [5.41, 5.74) is 0. The van der Waals surface area contributed by atoms with Crippen molar-refractivity contribution in [1.82, 2.24) is 5.32 Å². The summed E-state index contributed by atoms with van der Waals surface area (Å²) in [6.07, 6.45) is 0.467. The Morgan fingerprint density at radius 2 is 1.84 bits per heavy atom. The zero-order chi connectivity index (χ0) is 14.1. The number of aliphatic hydroxyl groups excluding tert-OH is 1. The number of rotatable bonds is 9. The van der Waals surface area contributed by atoms with E-state index in [-0.39, 0.29) is 6.61 Å². The molecule has 1 unspecified atom stereocenters. The SMILES string of the molecule is CCCNCC(O)COc1c(OC)cccc1OC. The number of hydrogen-bond donors (Lipinski definition) is 2. The molecule has 1 atom stereocenters. The van der Waals surface area contributed by atoms with Crippen molar-refractivity contribution in [3.8, 4) is 17.2 Å². The molecule has 19 heavy (non-hydrogen) atoms. The van der Waals surface area contributed by atoms with E-state index in [0.717, 1.165) is 13.0 Å². The number of aliphatic hydroxyl groups is 1. The third-order valence-corrected chi connectivity index (χ3v) is 2.61. The molecule has 5 nitrogen and oxygen atoms in total. The van der Waals surface area contributed by atoms with E-state index in [0.29, 0.717) is 23.8 Å². The Bertz CT molecular complexity index is 348. The fourth-order valence-electron chi connectivity index (χ4n) is 1.64. The molecular formula is C14H23NO4. The predicted octanol–water partition coefficient (Wildman–Crippen LogP) is 1.44. The van der Waals surface area contributed by atoms with Crippen molar-refractivity contribution >= 4 is 0 Å². The van der Waals surface area contributed by atoms with Crippen LogP contribution in [0, 0.1) is 0 Å². The normalized spacial score (nSPS) is 12.0. The van der Waals surface area contributed by atoms with Crippen molar-refractivity contribution in [3.05, 3.63) is 18.2 Å². The van der Waals surface area contributed by atoms with Crippen LogP contribution in [0.15, 0.2) is 18.2 Å². The van der Waals surface area contributed by atoms with Crippen LogP contribution in [0.5, 0.6) is 17.2 Å². The van der Waals surface area contributed by atoms with Gasteiger partial charge in [-0.05, 0) is 25.1 Å². The maximum absolute atomic E-state index is 9.80. The van der Waals surface area contributed by atoms with Crippen LogP contribution in [-0.2, 0) is 0 Å². The van der Waals surface area contributed by atoms with E-state index < -0.39 is 6.10 Å². The minimum Gasteiger partial charge on any atom is -0.493 e. The smallest absolute Gasteiger partial charge is 0.203 e. The van der Waals surface area contributed by atoms with Crippen molar-refractivity contribution in [3.63, 3.8) is 0 Å². The van der Waals surface area contributed by atoms with Gasteiger partial charge in [0.25, 0.3) is 0 Å². The Kier molecular flexibility index (Phi) is 7.07. The molecule has 0 aromatic heterocycles. The summed E-state index contributed by atoms with van der Waals surface area (Å²) < 4.78 is 16.0. The van der Waals surface area contributed by atoms with Gasteiger partial charge in [0.2, 0.25) is 5.75 Å². The fourth-order valence-corrected chi connectivity index (χ4v) is 1.64. The van der Waals surface area contributed by atoms with Crippen molar-refractivity contribution in [2.24, 2.45) is 0 Å². The van der Waals surface area contributed by atoms with Gasteiger partial charge < -0.3 is 24.6 Å². The van der Waals surface area contributed by atoms with Crippen LogP contribution < -0.4 is 19.5 Å². The van der Waals surface area contributed by atoms with Crippen molar-refractivity contribution < 1.29 is 19.3 Å². The lowest BCUT2D eigenvalue weighted by Gasteiger charge is -2.17. The van der Waals surface area contributed by atoms with Gasteiger partial charge in [-0.15, -0.1) is 0 Å². The topological polar surface area (TPSA) is 60.0 Å². The molecular weight excluding hydrogens is 246 g/mol. The van der Waals surface area contributed by atoms with Gasteiger partial charge >= 0.3 is 0 Å². The molecule has 2 N–H and O–H groups in total. The van der Waals surface area contributed by atoms with Crippen LogP contribution in [0.2, 0.25) is 0 Å². The molecule has 0 fully saturated rings. The summed E-state index contributed by atoms with van der Waals surface area (Å²) in [5, 5.41) is 12.9. The Morgan fingerprint density at radius 3 is 2.37 bits per heavy atom. The van der Waals surface area contributed by atoms with Crippen LogP contribution >= 0.6 is 0 Å². The first-order valence-electron chi connectivity index (χ1n) is 6.45. The standard InChI is InChI=1S/C14H23NO4/c1-4-8-15-9-11(16)10-19-14-12(17-2)6-5-7-13(14)18-3/h5-7,11,15-16H,4,8-10H2,1-3H3. The molecule has 0 saturated carbocycles. The number of nitrogens with one attached hydrogen (secondary N) is 1. The molecule has 0 aliphatic carbocycles. The number of hydrogen-bond acceptors (Lipinski definition) is 5. The first-order chi connectivity index (χ1) is 9.22. The second-order valence-corrected chi connectivity index (χ2v) is 4.16. The van der Waals surface area contributed by atoms with Crippen molar-refractivity contribution in [2.45, 2.75) is 19.4 Å². The minimum atomic E-state index is -0.568. The molecule has 0 aliphatic rings. The van der Waals surface area contributed by atoms with Gasteiger partial charge in [0.1, 0.15) is 12.7 Å². The number of ether oxygens (including phenoxy) is 3. The monoisotopic (exact) mass is 269 g/mol. The summed E-state index contributed by atoms with van der Waals surface area (Å²) in [6.45, 7) is 3.66. The van der Waals surface area contributed by atoms with Crippen LogP contribution in [0.1, 0.15) is 13.3 Å². The number of para-hydroxylation sites is 1. The predicted molar refractivity (Wildman–Crippen MR) is 74.2 cm³/mol. The highest BCUT2D eigenvalue weighted by molar-refractivity contribution is 5.51. The number of methoxy groups -OCH3 is 2. The van der Waals surface area contributed by atoms with Gasteiger partial charge in [0.15, 0.2) is 11.5 Å². The Morgan fingerprint density at radius 1 is 1.21 bits per heavy atom. The summed E-state index contributed by atoms with van der Waals surface area (Å²) in [7, 11) is 3.14. The molecule has 5 heteroatoms. The van der Waals surface area contributed by atoms with E-state index in [1.807, 2.05) is 6.07 Å².